The Hall–Kier alpha value is -4.73. The van der Waals surface area contributed by atoms with Crippen molar-refractivity contribution < 1.29 is 28.1 Å². The van der Waals surface area contributed by atoms with Crippen LogP contribution in [-0.4, -0.2) is 22.4 Å². The number of carbonyl (C=O) groups excluding carboxylic acids is 3. The number of anilines is 2. The molecule has 33 heavy (non-hydrogen) atoms. The van der Waals surface area contributed by atoms with Crippen LogP contribution >= 0.6 is 0 Å². The Bertz CT molecular complexity index is 1370. The molecule has 0 bridgehead atoms. The summed E-state index contributed by atoms with van der Waals surface area (Å²) in [7, 11) is 0. The Kier molecular flexibility index (Phi) is 5.49. The number of allylic oxidation sites excluding steroid dienone is 2. The number of Topliss-reactive ketones (excluding diaryl/α,β-unsaturated/α-hetero) is 1. The molecule has 1 aliphatic carbocycles. The molecule has 0 atom stereocenters. The average molecular weight is 449 g/mol. The van der Waals surface area contributed by atoms with Crippen molar-refractivity contribution in [3.63, 3.8) is 0 Å². The van der Waals surface area contributed by atoms with Crippen molar-refractivity contribution in [3.05, 3.63) is 111 Å². The zero-order valence-electron chi connectivity index (χ0n) is 16.6. The van der Waals surface area contributed by atoms with Crippen LogP contribution in [0.5, 0.6) is 0 Å². The van der Waals surface area contributed by atoms with E-state index in [1.807, 2.05) is 0 Å². The van der Waals surface area contributed by atoms with E-state index in [0.717, 1.165) is 0 Å². The lowest BCUT2D eigenvalue weighted by Gasteiger charge is -2.16. The van der Waals surface area contributed by atoms with Crippen LogP contribution in [0.25, 0.3) is 0 Å². The summed E-state index contributed by atoms with van der Waals surface area (Å²) in [4.78, 5) is 47.3. The van der Waals surface area contributed by atoms with Gasteiger partial charge >= 0.3 is 0 Å². The smallest absolute Gasteiger partial charge is 0.285 e. The molecule has 3 aromatic rings. The molecular weight excluding hydrogens is 436 g/mol. The number of fused-ring (bicyclic) bond motifs is 1. The molecule has 164 valence electrons. The first-order chi connectivity index (χ1) is 15.7. The number of nitro groups is 1. The number of ketones is 2. The monoisotopic (exact) mass is 449 g/mol. The molecule has 0 aliphatic heterocycles. The molecule has 0 radical (unpaired) electrons. The highest BCUT2D eigenvalue weighted by molar-refractivity contribution is 6.25. The Morgan fingerprint density at radius 1 is 0.879 bits per heavy atom. The van der Waals surface area contributed by atoms with Crippen LogP contribution in [-0.2, 0) is 0 Å². The van der Waals surface area contributed by atoms with Gasteiger partial charge in [0.2, 0.25) is 5.78 Å². The first-order valence-electron chi connectivity index (χ1n) is 9.46. The number of amides is 1. The van der Waals surface area contributed by atoms with E-state index >= 15 is 0 Å². The third-order valence-electron chi connectivity index (χ3n) is 4.86. The number of benzene rings is 3. The summed E-state index contributed by atoms with van der Waals surface area (Å²) in [6, 6.07) is 13.1. The molecule has 4 rings (SSSR count). The number of halogens is 2. The topological polar surface area (TPSA) is 118 Å². The van der Waals surface area contributed by atoms with Gasteiger partial charge in [-0.1, -0.05) is 24.3 Å². The van der Waals surface area contributed by atoms with Gasteiger partial charge in [0.1, 0.15) is 5.56 Å². The molecule has 0 fully saturated rings. The average Bonchev–Trinajstić information content (AvgIpc) is 2.80. The second kappa shape index (κ2) is 8.42. The van der Waals surface area contributed by atoms with Crippen molar-refractivity contribution in [2.45, 2.75) is 0 Å². The maximum Gasteiger partial charge on any atom is 0.285 e. The molecule has 8 nitrogen and oxygen atoms in total. The maximum atomic E-state index is 13.5. The summed E-state index contributed by atoms with van der Waals surface area (Å²) in [5, 5.41) is 16.3. The van der Waals surface area contributed by atoms with Crippen LogP contribution in [0.4, 0.5) is 25.8 Å². The van der Waals surface area contributed by atoms with E-state index in [0.29, 0.717) is 23.4 Å². The second-order valence-corrected chi connectivity index (χ2v) is 6.99. The molecular formula is C23H13F2N3O5. The predicted molar refractivity (Wildman–Crippen MR) is 114 cm³/mol. The predicted octanol–water partition coefficient (Wildman–Crippen LogP) is 4.50. The Labute approximate surface area is 184 Å². The molecule has 0 heterocycles. The third-order valence-corrected chi connectivity index (χ3v) is 4.86. The van der Waals surface area contributed by atoms with Gasteiger partial charge in [0, 0.05) is 28.6 Å². The van der Waals surface area contributed by atoms with Gasteiger partial charge in [-0.2, -0.15) is 0 Å². The number of hydrogen-bond donors (Lipinski definition) is 2. The fourth-order valence-electron chi connectivity index (χ4n) is 3.27. The molecule has 1 amide bonds. The summed E-state index contributed by atoms with van der Waals surface area (Å²) in [5.74, 6) is -4.51. The van der Waals surface area contributed by atoms with Crippen LogP contribution in [0.1, 0.15) is 31.1 Å². The Morgan fingerprint density at radius 3 is 2.15 bits per heavy atom. The van der Waals surface area contributed by atoms with Gasteiger partial charge in [0.05, 0.1) is 16.7 Å². The minimum Gasteiger partial charge on any atom is -0.352 e. The van der Waals surface area contributed by atoms with E-state index in [-0.39, 0.29) is 28.5 Å². The lowest BCUT2D eigenvalue weighted by molar-refractivity contribution is -0.385. The molecule has 0 unspecified atom stereocenters. The van der Waals surface area contributed by atoms with Gasteiger partial charge in [-0.25, -0.2) is 8.78 Å². The Balaban J connectivity index is 1.51. The van der Waals surface area contributed by atoms with Gasteiger partial charge < -0.3 is 10.6 Å². The third kappa shape index (κ3) is 4.22. The highest BCUT2D eigenvalue weighted by atomic mass is 19.2. The minimum absolute atomic E-state index is 0.0768. The number of nitro benzene ring substituents is 1. The Morgan fingerprint density at radius 2 is 1.48 bits per heavy atom. The van der Waals surface area contributed by atoms with Crippen LogP contribution in [0, 0.1) is 21.7 Å². The fraction of sp³-hybridized carbons (Fsp3) is 0. The van der Waals surface area contributed by atoms with E-state index in [2.05, 4.69) is 10.6 Å². The van der Waals surface area contributed by atoms with Crippen LogP contribution in [0.3, 0.4) is 0 Å². The minimum atomic E-state index is -1.44. The molecule has 3 aromatic carbocycles. The zero-order chi connectivity index (χ0) is 23.7. The van der Waals surface area contributed by atoms with E-state index in [1.165, 1.54) is 30.3 Å². The molecule has 10 heteroatoms. The zero-order valence-corrected chi connectivity index (χ0v) is 16.6. The van der Waals surface area contributed by atoms with Gasteiger partial charge in [-0.15, -0.1) is 0 Å². The molecule has 0 spiro atoms. The van der Waals surface area contributed by atoms with Gasteiger partial charge in [0.15, 0.2) is 17.4 Å². The van der Waals surface area contributed by atoms with E-state index in [4.69, 9.17) is 0 Å². The lowest BCUT2D eigenvalue weighted by atomic mass is 9.92. The SMILES string of the molecule is O=C1C=C(Nc2ccc(NC(=O)c3cc(F)c(F)cc3[N+](=O)[O-])cc2)C(=O)c2ccccc21. The highest BCUT2D eigenvalue weighted by Gasteiger charge is 2.26. The van der Waals surface area contributed by atoms with Crippen molar-refractivity contribution in [2.24, 2.45) is 0 Å². The fourth-order valence-corrected chi connectivity index (χ4v) is 3.27. The maximum absolute atomic E-state index is 13.5. The first kappa shape index (κ1) is 21.5. The molecule has 0 saturated carbocycles. The van der Waals surface area contributed by atoms with Crippen molar-refractivity contribution >= 4 is 34.5 Å². The van der Waals surface area contributed by atoms with Crippen LogP contribution in [0.2, 0.25) is 0 Å². The normalized spacial score (nSPS) is 12.6. The van der Waals surface area contributed by atoms with Crippen molar-refractivity contribution in [1.29, 1.82) is 0 Å². The second-order valence-electron chi connectivity index (χ2n) is 6.99. The summed E-state index contributed by atoms with van der Waals surface area (Å²) < 4.78 is 26.8. The largest absolute Gasteiger partial charge is 0.352 e. The lowest BCUT2D eigenvalue weighted by Crippen LogP contribution is -2.21. The van der Waals surface area contributed by atoms with E-state index < -0.39 is 33.7 Å². The van der Waals surface area contributed by atoms with Gasteiger partial charge in [-0.3, -0.25) is 24.5 Å². The number of hydrogen-bond acceptors (Lipinski definition) is 6. The van der Waals surface area contributed by atoms with Crippen molar-refractivity contribution in [2.75, 3.05) is 10.6 Å². The summed E-state index contributed by atoms with van der Waals surface area (Å²) in [6.45, 7) is 0. The number of nitrogens with zero attached hydrogens (tertiary/aromatic N) is 1. The van der Waals surface area contributed by atoms with Crippen molar-refractivity contribution in [3.8, 4) is 0 Å². The standard InChI is InChI=1S/C23H13F2N3O5/c24-17-9-16(20(28(32)33)10-18(17)25)23(31)27-13-7-5-12(6-8-13)26-19-11-21(29)14-3-1-2-4-15(14)22(19)30/h1-11,26H,(H,27,31). The highest BCUT2D eigenvalue weighted by Crippen LogP contribution is 2.25. The number of carbonyl (C=O) groups is 3. The van der Waals surface area contributed by atoms with E-state index in [9.17, 15) is 33.3 Å². The van der Waals surface area contributed by atoms with Gasteiger partial charge in [-0.05, 0) is 30.3 Å². The molecule has 2 N–H and O–H groups in total. The van der Waals surface area contributed by atoms with E-state index in [1.54, 1.807) is 24.3 Å². The summed E-state index contributed by atoms with van der Waals surface area (Å²) in [5.41, 5.74) is -0.211. The van der Waals surface area contributed by atoms with Crippen LogP contribution in [0.15, 0.2) is 72.4 Å². The number of nitrogens with one attached hydrogen (secondary N) is 2. The molecule has 0 aromatic heterocycles. The van der Waals surface area contributed by atoms with Gasteiger partial charge in [0.25, 0.3) is 11.6 Å². The van der Waals surface area contributed by atoms with Crippen LogP contribution < -0.4 is 10.6 Å². The quantitative estimate of drug-likeness (QED) is 0.437. The van der Waals surface area contributed by atoms with Crippen molar-refractivity contribution in [1.82, 2.24) is 0 Å². The summed E-state index contributed by atoms with van der Waals surface area (Å²) in [6.07, 6.45) is 1.20. The first-order valence-corrected chi connectivity index (χ1v) is 9.46. The molecule has 0 saturated heterocycles. The molecule has 1 aliphatic rings. The summed E-state index contributed by atoms with van der Waals surface area (Å²) >= 11 is 0. The number of rotatable bonds is 5.